The molecule has 2 fully saturated rings. The molecule has 1 spiro atoms. The highest BCUT2D eigenvalue weighted by Gasteiger charge is 2.43. The molecule has 2 aliphatic rings. The third kappa shape index (κ3) is 3.20. The monoisotopic (exact) mass is 429 g/mol. The number of benzene rings is 2. The molecule has 0 amide bonds. The number of aromatic nitrogens is 3. The van der Waals surface area contributed by atoms with E-state index in [0.717, 1.165) is 29.6 Å². The average Bonchev–Trinajstić information content (AvgIpc) is 3.43. The van der Waals surface area contributed by atoms with Crippen LogP contribution in [0.4, 0.5) is 5.95 Å². The molecule has 0 radical (unpaired) electrons. The third-order valence-electron chi connectivity index (χ3n) is 7.36. The number of hydrogen-bond acceptors (Lipinski definition) is 5. The summed E-state index contributed by atoms with van der Waals surface area (Å²) in [6, 6.07) is 15.3. The first-order valence-corrected chi connectivity index (χ1v) is 12.0. The predicted octanol–water partition coefficient (Wildman–Crippen LogP) is 5.13. The number of nitrogens with zero attached hydrogens (tertiary/aromatic N) is 4. The topological polar surface area (TPSA) is 59.5 Å². The lowest BCUT2D eigenvalue weighted by Crippen LogP contribution is -2.47. The molecule has 3 heterocycles. The van der Waals surface area contributed by atoms with Gasteiger partial charge in [0.25, 0.3) is 0 Å². The van der Waals surface area contributed by atoms with Crippen LogP contribution in [0.5, 0.6) is 0 Å². The van der Waals surface area contributed by atoms with Gasteiger partial charge in [0.1, 0.15) is 0 Å². The van der Waals surface area contributed by atoms with Gasteiger partial charge in [-0.05, 0) is 47.9 Å². The van der Waals surface area contributed by atoms with E-state index in [0.29, 0.717) is 11.5 Å². The number of fused-ring (bicyclic) bond motifs is 2. The fourth-order valence-electron chi connectivity index (χ4n) is 5.53. The van der Waals surface area contributed by atoms with Gasteiger partial charge < -0.3 is 10.6 Å². The number of piperidine rings is 1. The van der Waals surface area contributed by atoms with Crippen LogP contribution in [0.1, 0.15) is 32.1 Å². The van der Waals surface area contributed by atoms with Crippen LogP contribution >= 0.6 is 11.8 Å². The molecule has 1 aliphatic heterocycles. The summed E-state index contributed by atoms with van der Waals surface area (Å²) in [5, 5.41) is 2.52. The van der Waals surface area contributed by atoms with Gasteiger partial charge in [0.05, 0.1) is 4.90 Å². The zero-order valence-electron chi connectivity index (χ0n) is 17.6. The molecule has 4 aromatic rings. The molecular weight excluding hydrogens is 402 g/mol. The summed E-state index contributed by atoms with van der Waals surface area (Å²) in [5.41, 5.74) is 7.81. The van der Waals surface area contributed by atoms with E-state index in [2.05, 4.69) is 56.7 Å². The molecule has 1 saturated heterocycles. The van der Waals surface area contributed by atoms with E-state index in [1.807, 2.05) is 18.6 Å². The molecule has 5 nitrogen and oxygen atoms in total. The highest BCUT2D eigenvalue weighted by atomic mass is 32.2. The Morgan fingerprint density at radius 3 is 2.65 bits per heavy atom. The van der Waals surface area contributed by atoms with Crippen LogP contribution in [0.25, 0.3) is 16.4 Å². The van der Waals surface area contributed by atoms with Crippen LogP contribution in [-0.2, 0) is 0 Å². The van der Waals surface area contributed by atoms with Gasteiger partial charge in [-0.3, -0.25) is 4.40 Å². The smallest absolute Gasteiger partial charge is 0.211 e. The molecule has 0 bridgehead atoms. The Labute approximate surface area is 186 Å². The SMILES string of the molecule is N[C@@H]1CCCC12CCN(c1ncc(Sc3cccc4ccccc34)c3nccn13)CC2. The second-order valence-electron chi connectivity index (χ2n) is 8.97. The first-order valence-electron chi connectivity index (χ1n) is 11.2. The second kappa shape index (κ2) is 7.53. The van der Waals surface area contributed by atoms with Crippen molar-refractivity contribution >= 4 is 34.1 Å². The van der Waals surface area contributed by atoms with Gasteiger partial charge in [-0.1, -0.05) is 54.6 Å². The number of nitrogens with two attached hydrogens (primary N) is 1. The van der Waals surface area contributed by atoms with E-state index < -0.39 is 0 Å². The Kier molecular flexibility index (Phi) is 4.65. The normalized spacial score (nSPS) is 20.8. The molecule has 6 rings (SSSR count). The number of anilines is 1. The van der Waals surface area contributed by atoms with Crippen molar-refractivity contribution in [3.8, 4) is 0 Å². The first-order chi connectivity index (χ1) is 15.2. The van der Waals surface area contributed by atoms with Crippen LogP contribution in [0.3, 0.4) is 0 Å². The van der Waals surface area contributed by atoms with Crippen molar-refractivity contribution in [2.24, 2.45) is 11.1 Å². The van der Waals surface area contributed by atoms with Gasteiger partial charge in [0.2, 0.25) is 5.95 Å². The minimum absolute atomic E-state index is 0.356. The van der Waals surface area contributed by atoms with Gasteiger partial charge >= 0.3 is 0 Å². The Hall–Kier alpha value is -2.57. The van der Waals surface area contributed by atoms with Gasteiger partial charge in [-0.2, -0.15) is 0 Å². The molecule has 1 atom stereocenters. The van der Waals surface area contributed by atoms with E-state index in [1.54, 1.807) is 11.8 Å². The predicted molar refractivity (Wildman–Crippen MR) is 127 cm³/mol. The highest BCUT2D eigenvalue weighted by Crippen LogP contribution is 2.46. The maximum atomic E-state index is 6.48. The molecule has 31 heavy (non-hydrogen) atoms. The van der Waals surface area contributed by atoms with Crippen molar-refractivity contribution in [2.75, 3.05) is 18.0 Å². The largest absolute Gasteiger partial charge is 0.342 e. The maximum absolute atomic E-state index is 6.48. The van der Waals surface area contributed by atoms with Crippen molar-refractivity contribution < 1.29 is 0 Å². The lowest BCUT2D eigenvalue weighted by atomic mass is 9.74. The van der Waals surface area contributed by atoms with Crippen LogP contribution < -0.4 is 10.6 Å². The summed E-state index contributed by atoms with van der Waals surface area (Å²) in [7, 11) is 0. The molecule has 6 heteroatoms. The summed E-state index contributed by atoms with van der Waals surface area (Å²) < 4.78 is 2.15. The van der Waals surface area contributed by atoms with Crippen molar-refractivity contribution in [2.45, 2.75) is 47.9 Å². The quantitative estimate of drug-likeness (QED) is 0.489. The molecule has 0 unspecified atom stereocenters. The van der Waals surface area contributed by atoms with Crippen molar-refractivity contribution in [3.05, 3.63) is 61.1 Å². The second-order valence-corrected chi connectivity index (χ2v) is 10.1. The summed E-state index contributed by atoms with van der Waals surface area (Å²) in [6.07, 6.45) is 12.0. The standard InChI is InChI=1S/C25H27N5S/c26-22-9-4-10-25(22)11-14-29(15-12-25)24-28-17-21(23-27-13-16-30(23)24)31-20-8-3-6-18-5-1-2-7-19(18)20/h1-3,5-8,13,16-17,22H,4,9-12,14-15,26H2/t22-/m1/s1. The van der Waals surface area contributed by atoms with Gasteiger partial charge in [0, 0.05) is 42.6 Å². The molecule has 158 valence electrons. The average molecular weight is 430 g/mol. The number of rotatable bonds is 3. The van der Waals surface area contributed by atoms with Crippen LogP contribution in [0.2, 0.25) is 0 Å². The maximum Gasteiger partial charge on any atom is 0.211 e. The van der Waals surface area contributed by atoms with Crippen molar-refractivity contribution in [1.29, 1.82) is 0 Å². The first kappa shape index (κ1) is 19.1. The zero-order valence-corrected chi connectivity index (χ0v) is 18.4. The third-order valence-corrected chi connectivity index (χ3v) is 8.45. The minimum Gasteiger partial charge on any atom is -0.342 e. The molecule has 1 aliphatic carbocycles. The van der Waals surface area contributed by atoms with Gasteiger partial charge in [-0.25, -0.2) is 9.97 Å². The fraction of sp³-hybridized carbons (Fsp3) is 0.360. The van der Waals surface area contributed by atoms with E-state index in [4.69, 9.17) is 10.7 Å². The van der Waals surface area contributed by atoms with Crippen LogP contribution in [0.15, 0.2) is 70.8 Å². The van der Waals surface area contributed by atoms with E-state index in [-0.39, 0.29) is 0 Å². The molecular formula is C25H27N5S. The summed E-state index contributed by atoms with van der Waals surface area (Å²) in [6.45, 7) is 2.04. The molecule has 2 N–H and O–H groups in total. The van der Waals surface area contributed by atoms with Crippen molar-refractivity contribution in [1.82, 2.24) is 14.4 Å². The van der Waals surface area contributed by atoms with Crippen LogP contribution in [-0.4, -0.2) is 33.5 Å². The van der Waals surface area contributed by atoms with E-state index in [9.17, 15) is 0 Å². The summed E-state index contributed by atoms with van der Waals surface area (Å²) in [4.78, 5) is 14.3. The summed E-state index contributed by atoms with van der Waals surface area (Å²) in [5.74, 6) is 0.996. The van der Waals surface area contributed by atoms with E-state index >= 15 is 0 Å². The number of hydrogen-bond donors (Lipinski definition) is 1. The van der Waals surface area contributed by atoms with Gasteiger partial charge in [-0.15, -0.1) is 0 Å². The Bertz CT molecular complexity index is 1240. The minimum atomic E-state index is 0.356. The van der Waals surface area contributed by atoms with Gasteiger partial charge in [0.15, 0.2) is 5.65 Å². The van der Waals surface area contributed by atoms with Crippen molar-refractivity contribution in [3.63, 3.8) is 0 Å². The Balaban J connectivity index is 1.31. The molecule has 1 saturated carbocycles. The molecule has 2 aromatic heterocycles. The lowest BCUT2D eigenvalue weighted by molar-refractivity contribution is 0.197. The zero-order chi connectivity index (χ0) is 20.8. The highest BCUT2D eigenvalue weighted by molar-refractivity contribution is 7.99. The Morgan fingerprint density at radius 2 is 1.81 bits per heavy atom. The van der Waals surface area contributed by atoms with E-state index in [1.165, 1.54) is 47.8 Å². The molecule has 2 aromatic carbocycles. The van der Waals surface area contributed by atoms with Crippen LogP contribution in [0, 0.1) is 5.41 Å². The Morgan fingerprint density at radius 1 is 0.968 bits per heavy atom. The number of imidazole rings is 1. The fourth-order valence-corrected chi connectivity index (χ4v) is 6.56. The summed E-state index contributed by atoms with van der Waals surface area (Å²) >= 11 is 1.74. The lowest BCUT2D eigenvalue weighted by Gasteiger charge is -2.42.